The van der Waals surface area contributed by atoms with Gasteiger partial charge in [-0.3, -0.25) is 15.0 Å². The Balaban J connectivity index is 0.00000336. The Bertz CT molecular complexity index is 1460. The molecule has 1 aromatic heterocycles. The van der Waals surface area contributed by atoms with Gasteiger partial charge in [0.15, 0.2) is 0 Å². The van der Waals surface area contributed by atoms with Crippen LogP contribution in [0.2, 0.25) is 0 Å². The Hall–Kier alpha value is -3.72. The zero-order chi connectivity index (χ0) is 26.3. The molecular weight excluding hydrogens is 506 g/mol. The minimum atomic E-state index is -0.664. The van der Waals surface area contributed by atoms with Gasteiger partial charge in [0.05, 0.1) is 23.1 Å². The van der Waals surface area contributed by atoms with Gasteiger partial charge in [-0.2, -0.15) is 0 Å². The fraction of sp³-hybridized carbons (Fsp3) is 0.393. The smallest absolute Gasteiger partial charge is 0.328 e. The lowest BCUT2D eigenvalue weighted by molar-refractivity contribution is -0.153. The number of nitrogens with one attached hydrogen (secondary N) is 1. The maximum atomic E-state index is 13.7. The first-order valence-corrected chi connectivity index (χ1v) is 12.7. The van der Waals surface area contributed by atoms with Gasteiger partial charge in [-0.15, -0.1) is 12.4 Å². The maximum Gasteiger partial charge on any atom is 0.328 e. The number of aromatic nitrogens is 2. The Labute approximate surface area is 226 Å². The lowest BCUT2D eigenvalue weighted by Crippen LogP contribution is -2.46. The monoisotopic (exact) mass is 537 g/mol. The third-order valence-corrected chi connectivity index (χ3v) is 7.56. The minimum absolute atomic E-state index is 0. The first kappa shape index (κ1) is 27.3. The second kappa shape index (κ2) is 10.6. The molecule has 3 aromatic rings. The molecule has 0 radical (unpaired) electrons. The lowest BCUT2D eigenvalue weighted by Gasteiger charge is -2.28. The van der Waals surface area contributed by atoms with E-state index in [4.69, 9.17) is 20.9 Å². The topological polar surface area (TPSA) is 131 Å². The second-order valence-corrected chi connectivity index (χ2v) is 9.90. The van der Waals surface area contributed by atoms with Crippen molar-refractivity contribution in [2.45, 2.75) is 50.5 Å². The fourth-order valence-electron chi connectivity index (χ4n) is 5.32. The van der Waals surface area contributed by atoms with E-state index in [1.165, 1.54) is 0 Å². The van der Waals surface area contributed by atoms with Crippen molar-refractivity contribution in [3.63, 3.8) is 0 Å². The summed E-state index contributed by atoms with van der Waals surface area (Å²) in [4.78, 5) is 45.6. The standard InChI is InChI=1S/C28H31N5O4.ClH/c1-3-37-26(35)23-5-4-14-33(23)27(36)28(12-13-28)19-10-11-22-20(16-19)31-21(25(34)32(22)2)15-17-6-8-18(9-7-17)24(29)30;/h6-11,16,23H,3-5,12-15H2,1-2H3,(H3,29,30);1H. The predicted molar refractivity (Wildman–Crippen MR) is 147 cm³/mol. The van der Waals surface area contributed by atoms with E-state index in [1.807, 2.05) is 30.3 Å². The van der Waals surface area contributed by atoms with Crippen LogP contribution in [0.5, 0.6) is 0 Å². The number of hydrogen-bond acceptors (Lipinski definition) is 6. The van der Waals surface area contributed by atoms with Gasteiger partial charge in [0.25, 0.3) is 5.56 Å². The molecule has 1 saturated heterocycles. The molecule has 3 N–H and O–H groups in total. The largest absolute Gasteiger partial charge is 0.464 e. The van der Waals surface area contributed by atoms with Gasteiger partial charge in [0, 0.05) is 25.6 Å². The van der Waals surface area contributed by atoms with E-state index >= 15 is 0 Å². The number of likely N-dealkylation sites (tertiary alicyclic amines) is 1. The van der Waals surface area contributed by atoms with Crippen molar-refractivity contribution in [3.8, 4) is 0 Å². The van der Waals surface area contributed by atoms with Gasteiger partial charge in [-0.25, -0.2) is 9.78 Å². The van der Waals surface area contributed by atoms with Crippen molar-refractivity contribution in [3.05, 3.63) is 75.2 Å². The summed E-state index contributed by atoms with van der Waals surface area (Å²) in [6.45, 7) is 2.62. The maximum absolute atomic E-state index is 13.7. The average molecular weight is 538 g/mol. The van der Waals surface area contributed by atoms with Crippen molar-refractivity contribution >= 4 is 41.2 Å². The van der Waals surface area contributed by atoms with Gasteiger partial charge < -0.3 is 19.9 Å². The number of amidine groups is 1. The number of hydrogen-bond donors (Lipinski definition) is 2. The van der Waals surface area contributed by atoms with Crippen LogP contribution >= 0.6 is 12.4 Å². The fourth-order valence-corrected chi connectivity index (χ4v) is 5.32. The molecule has 1 aliphatic carbocycles. The van der Waals surface area contributed by atoms with Crippen LogP contribution in [-0.4, -0.2) is 51.4 Å². The summed E-state index contributed by atoms with van der Waals surface area (Å²) in [6, 6.07) is 12.3. The van der Waals surface area contributed by atoms with Crippen LogP contribution < -0.4 is 11.3 Å². The number of fused-ring (bicyclic) bond motifs is 1. The van der Waals surface area contributed by atoms with Gasteiger partial charge in [-0.1, -0.05) is 30.3 Å². The highest BCUT2D eigenvalue weighted by Gasteiger charge is 2.55. The number of aryl methyl sites for hydroxylation is 1. The zero-order valence-electron chi connectivity index (χ0n) is 21.5. The molecule has 2 aromatic carbocycles. The Kier molecular flexibility index (Phi) is 7.60. The normalized spacial score (nSPS) is 17.6. The van der Waals surface area contributed by atoms with Gasteiger partial charge >= 0.3 is 5.97 Å². The number of nitrogens with zero attached hydrogens (tertiary/aromatic N) is 3. The van der Waals surface area contributed by atoms with Crippen molar-refractivity contribution in [1.82, 2.24) is 14.5 Å². The number of carbonyl (C=O) groups excluding carboxylic acids is 2. The third kappa shape index (κ3) is 4.78. The molecule has 1 saturated carbocycles. The van der Waals surface area contributed by atoms with Crippen molar-refractivity contribution < 1.29 is 14.3 Å². The van der Waals surface area contributed by atoms with Crippen LogP contribution in [0.1, 0.15) is 55.0 Å². The van der Waals surface area contributed by atoms with Crippen LogP contribution in [0.3, 0.4) is 0 Å². The van der Waals surface area contributed by atoms with Gasteiger partial charge in [0.2, 0.25) is 5.91 Å². The highest BCUT2D eigenvalue weighted by Crippen LogP contribution is 2.51. The molecule has 1 unspecified atom stereocenters. The molecule has 2 heterocycles. The molecule has 38 heavy (non-hydrogen) atoms. The molecule has 1 atom stereocenters. The van der Waals surface area contributed by atoms with E-state index in [0.717, 1.165) is 17.5 Å². The van der Waals surface area contributed by atoms with Crippen LogP contribution in [0.4, 0.5) is 0 Å². The number of nitrogens with two attached hydrogens (primary N) is 1. The van der Waals surface area contributed by atoms with E-state index in [-0.39, 0.29) is 35.7 Å². The molecule has 2 aliphatic rings. The van der Waals surface area contributed by atoms with Gasteiger partial charge in [0.1, 0.15) is 17.6 Å². The summed E-state index contributed by atoms with van der Waals surface area (Å²) in [5.74, 6) is -0.372. The zero-order valence-corrected chi connectivity index (χ0v) is 22.3. The van der Waals surface area contributed by atoms with Crippen LogP contribution in [0, 0.1) is 5.41 Å². The van der Waals surface area contributed by atoms with Crippen molar-refractivity contribution in [2.75, 3.05) is 13.2 Å². The Morgan fingerprint density at radius 2 is 1.89 bits per heavy atom. The van der Waals surface area contributed by atoms with E-state index in [9.17, 15) is 14.4 Å². The molecule has 200 valence electrons. The van der Waals surface area contributed by atoms with E-state index in [2.05, 4.69) is 0 Å². The SMILES string of the molecule is CCOC(=O)C1CCCN1C(=O)C1(c2ccc3c(c2)nc(Cc2ccc(C(=N)N)cc2)c(=O)n3C)CC1.Cl. The number of amides is 1. The summed E-state index contributed by atoms with van der Waals surface area (Å²) in [6.07, 6.45) is 3.17. The summed E-state index contributed by atoms with van der Waals surface area (Å²) < 4.78 is 6.80. The predicted octanol–water partition coefficient (Wildman–Crippen LogP) is 2.82. The Morgan fingerprint density at radius 3 is 2.53 bits per heavy atom. The summed E-state index contributed by atoms with van der Waals surface area (Å²) in [5.41, 5.74) is 8.82. The number of nitrogen functional groups attached to an aromatic ring is 1. The van der Waals surface area contributed by atoms with Gasteiger partial charge in [-0.05, 0) is 55.9 Å². The first-order valence-electron chi connectivity index (χ1n) is 12.7. The van der Waals surface area contributed by atoms with E-state index < -0.39 is 11.5 Å². The molecule has 10 heteroatoms. The highest BCUT2D eigenvalue weighted by molar-refractivity contribution is 5.96. The lowest BCUT2D eigenvalue weighted by atomic mass is 9.93. The molecule has 1 aliphatic heterocycles. The number of ether oxygens (including phenoxy) is 1. The number of benzene rings is 2. The quantitative estimate of drug-likeness (QED) is 0.271. The van der Waals surface area contributed by atoms with E-state index in [0.29, 0.717) is 61.1 Å². The van der Waals surface area contributed by atoms with Crippen LogP contribution in [0.15, 0.2) is 47.3 Å². The first-order chi connectivity index (χ1) is 17.7. The summed E-state index contributed by atoms with van der Waals surface area (Å²) in [5, 5.41) is 7.55. The summed E-state index contributed by atoms with van der Waals surface area (Å²) in [7, 11) is 1.72. The molecule has 0 spiro atoms. The Morgan fingerprint density at radius 1 is 1.18 bits per heavy atom. The van der Waals surface area contributed by atoms with Crippen LogP contribution in [-0.2, 0) is 33.2 Å². The molecule has 5 rings (SSSR count). The molecule has 2 fully saturated rings. The number of rotatable bonds is 7. The molecule has 9 nitrogen and oxygen atoms in total. The average Bonchev–Trinajstić information content (AvgIpc) is 3.55. The number of carbonyl (C=O) groups is 2. The van der Waals surface area contributed by atoms with Crippen molar-refractivity contribution in [2.24, 2.45) is 12.8 Å². The number of halogens is 1. The molecule has 0 bridgehead atoms. The highest BCUT2D eigenvalue weighted by atomic mass is 35.5. The molecular formula is C28H32ClN5O4. The van der Waals surface area contributed by atoms with Crippen LogP contribution in [0.25, 0.3) is 11.0 Å². The molecule has 1 amide bonds. The second-order valence-electron chi connectivity index (χ2n) is 9.90. The summed E-state index contributed by atoms with van der Waals surface area (Å²) >= 11 is 0. The minimum Gasteiger partial charge on any atom is -0.464 e. The third-order valence-electron chi connectivity index (χ3n) is 7.56. The number of esters is 1. The van der Waals surface area contributed by atoms with E-state index in [1.54, 1.807) is 35.6 Å². The van der Waals surface area contributed by atoms with Crippen molar-refractivity contribution in [1.29, 1.82) is 5.41 Å².